The molecule has 21 heavy (non-hydrogen) atoms. The third kappa shape index (κ3) is 3.60. The minimum Gasteiger partial charge on any atom is -0.489 e. The van der Waals surface area contributed by atoms with E-state index in [2.05, 4.69) is 0 Å². The quantitative estimate of drug-likeness (QED) is 0.873. The maximum Gasteiger partial charge on any atom is 0.303 e. The zero-order chi connectivity index (χ0) is 15.4. The molecule has 5 nitrogen and oxygen atoms in total. The number of aliphatic carboxylic acids is 1. The van der Waals surface area contributed by atoms with Crippen LogP contribution in [0.2, 0.25) is 5.02 Å². The van der Waals surface area contributed by atoms with Crippen molar-refractivity contribution in [1.29, 1.82) is 0 Å². The summed E-state index contributed by atoms with van der Waals surface area (Å²) in [5, 5.41) is 9.31. The average Bonchev–Trinajstić information content (AvgIpc) is 2.68. The molecule has 0 spiro atoms. The van der Waals surface area contributed by atoms with Crippen molar-refractivity contribution >= 4 is 17.6 Å². The van der Waals surface area contributed by atoms with Crippen molar-refractivity contribution in [3.05, 3.63) is 22.2 Å². The van der Waals surface area contributed by atoms with Gasteiger partial charge in [-0.15, -0.1) is 0 Å². The molecule has 1 aromatic carbocycles. The van der Waals surface area contributed by atoms with Crippen LogP contribution in [0.25, 0.3) is 0 Å². The number of benzene rings is 1. The van der Waals surface area contributed by atoms with Gasteiger partial charge in [-0.25, -0.2) is 0 Å². The smallest absolute Gasteiger partial charge is 0.303 e. The third-order valence-electron chi connectivity index (χ3n) is 3.52. The van der Waals surface area contributed by atoms with E-state index in [4.69, 9.17) is 31.9 Å². The Hall–Kier alpha value is -1.46. The summed E-state index contributed by atoms with van der Waals surface area (Å²) in [5.41, 5.74) is 7.83. The number of halogens is 1. The Kier molecular flexibility index (Phi) is 5.31. The predicted molar refractivity (Wildman–Crippen MR) is 80.2 cm³/mol. The molecule has 1 unspecified atom stereocenters. The minimum absolute atomic E-state index is 0.00902. The molecule has 1 aliphatic rings. The summed E-state index contributed by atoms with van der Waals surface area (Å²) in [5.74, 6) is 0.470. The SMILES string of the molecule is CCc1c2c(cc(Cl)c1C(N)CCC(=O)O)OCCCO2. The Morgan fingerprint density at radius 2 is 2.19 bits per heavy atom. The van der Waals surface area contributed by atoms with Gasteiger partial charge in [-0.1, -0.05) is 18.5 Å². The van der Waals surface area contributed by atoms with Crippen molar-refractivity contribution in [2.75, 3.05) is 13.2 Å². The van der Waals surface area contributed by atoms with Gasteiger partial charge in [0.05, 0.1) is 13.2 Å². The van der Waals surface area contributed by atoms with Gasteiger partial charge in [-0.3, -0.25) is 4.79 Å². The number of fused-ring (bicyclic) bond motifs is 1. The van der Waals surface area contributed by atoms with Gasteiger partial charge < -0.3 is 20.3 Å². The number of hydrogen-bond acceptors (Lipinski definition) is 4. The molecule has 2 rings (SSSR count). The molecule has 0 aromatic heterocycles. The van der Waals surface area contributed by atoms with E-state index in [1.54, 1.807) is 6.07 Å². The number of hydrogen-bond donors (Lipinski definition) is 2. The molecule has 6 heteroatoms. The fourth-order valence-corrected chi connectivity index (χ4v) is 2.88. The Balaban J connectivity index is 2.40. The molecule has 0 aliphatic carbocycles. The maximum absolute atomic E-state index is 10.7. The molecule has 1 atom stereocenters. The van der Waals surface area contributed by atoms with Crippen molar-refractivity contribution < 1.29 is 19.4 Å². The summed E-state index contributed by atoms with van der Waals surface area (Å²) >= 11 is 6.35. The van der Waals surface area contributed by atoms with Crippen LogP contribution in [-0.4, -0.2) is 24.3 Å². The van der Waals surface area contributed by atoms with Crippen LogP contribution in [-0.2, 0) is 11.2 Å². The minimum atomic E-state index is -0.867. The highest BCUT2D eigenvalue weighted by Crippen LogP contribution is 2.42. The van der Waals surface area contributed by atoms with Crippen LogP contribution in [0.15, 0.2) is 6.07 Å². The van der Waals surface area contributed by atoms with Crippen molar-refractivity contribution in [3.8, 4) is 11.5 Å². The fraction of sp³-hybridized carbons (Fsp3) is 0.533. The van der Waals surface area contributed by atoms with Gasteiger partial charge in [-0.2, -0.15) is 0 Å². The summed E-state index contributed by atoms with van der Waals surface area (Å²) in [4.78, 5) is 10.7. The monoisotopic (exact) mass is 313 g/mol. The lowest BCUT2D eigenvalue weighted by Gasteiger charge is -2.21. The first-order valence-electron chi connectivity index (χ1n) is 7.12. The van der Waals surface area contributed by atoms with Gasteiger partial charge in [0.1, 0.15) is 0 Å². The lowest BCUT2D eigenvalue weighted by atomic mass is 9.94. The third-order valence-corrected chi connectivity index (χ3v) is 3.84. The van der Waals surface area contributed by atoms with Crippen LogP contribution in [0, 0.1) is 0 Å². The van der Waals surface area contributed by atoms with Gasteiger partial charge in [0, 0.05) is 35.5 Å². The molecule has 0 saturated heterocycles. The zero-order valence-corrected chi connectivity index (χ0v) is 12.8. The molecule has 0 saturated carbocycles. The molecule has 1 heterocycles. The van der Waals surface area contributed by atoms with E-state index in [9.17, 15) is 4.79 Å². The van der Waals surface area contributed by atoms with E-state index in [0.29, 0.717) is 42.6 Å². The second kappa shape index (κ2) is 7.00. The van der Waals surface area contributed by atoms with Gasteiger partial charge in [-0.05, 0) is 18.4 Å². The maximum atomic E-state index is 10.7. The topological polar surface area (TPSA) is 81.8 Å². The predicted octanol–water partition coefficient (Wildman–Crippen LogP) is 2.93. The number of ether oxygens (including phenoxy) is 2. The second-order valence-electron chi connectivity index (χ2n) is 5.02. The summed E-state index contributed by atoms with van der Waals surface area (Å²) in [6.07, 6.45) is 1.86. The molecular weight excluding hydrogens is 294 g/mol. The van der Waals surface area contributed by atoms with Gasteiger partial charge >= 0.3 is 5.97 Å². The first kappa shape index (κ1) is 15.9. The van der Waals surface area contributed by atoms with E-state index in [1.807, 2.05) is 6.92 Å². The van der Waals surface area contributed by atoms with E-state index in [-0.39, 0.29) is 6.42 Å². The molecular formula is C15H20ClNO4. The van der Waals surface area contributed by atoms with E-state index < -0.39 is 12.0 Å². The largest absolute Gasteiger partial charge is 0.489 e. The molecule has 1 aromatic rings. The number of nitrogens with two attached hydrogens (primary N) is 1. The Bertz CT molecular complexity index is 533. The van der Waals surface area contributed by atoms with Crippen LogP contribution < -0.4 is 15.2 Å². The Labute approximate surface area is 129 Å². The zero-order valence-electron chi connectivity index (χ0n) is 12.0. The number of carboxylic acid groups (broad SMARTS) is 1. The summed E-state index contributed by atoms with van der Waals surface area (Å²) < 4.78 is 11.4. The van der Waals surface area contributed by atoms with Crippen molar-refractivity contribution in [1.82, 2.24) is 0 Å². The average molecular weight is 314 g/mol. The van der Waals surface area contributed by atoms with E-state index in [1.165, 1.54) is 0 Å². The number of carbonyl (C=O) groups is 1. The molecule has 0 fully saturated rings. The normalized spacial score (nSPS) is 15.4. The van der Waals surface area contributed by atoms with Crippen LogP contribution >= 0.6 is 11.6 Å². The van der Waals surface area contributed by atoms with E-state index >= 15 is 0 Å². The van der Waals surface area contributed by atoms with Crippen LogP contribution in [0.1, 0.15) is 43.4 Å². The van der Waals surface area contributed by atoms with Crippen molar-refractivity contribution in [3.63, 3.8) is 0 Å². The Morgan fingerprint density at radius 1 is 1.48 bits per heavy atom. The highest BCUT2D eigenvalue weighted by molar-refractivity contribution is 6.31. The summed E-state index contributed by atoms with van der Waals surface area (Å²) in [6.45, 7) is 3.18. The molecule has 116 valence electrons. The number of carboxylic acids is 1. The summed E-state index contributed by atoms with van der Waals surface area (Å²) in [7, 11) is 0. The molecule has 0 radical (unpaired) electrons. The second-order valence-corrected chi connectivity index (χ2v) is 5.43. The van der Waals surface area contributed by atoms with Gasteiger partial charge in [0.25, 0.3) is 0 Å². The molecule has 3 N–H and O–H groups in total. The van der Waals surface area contributed by atoms with Crippen molar-refractivity contribution in [2.24, 2.45) is 5.73 Å². The molecule has 1 aliphatic heterocycles. The van der Waals surface area contributed by atoms with Gasteiger partial charge in [0.2, 0.25) is 0 Å². The molecule has 0 bridgehead atoms. The lowest BCUT2D eigenvalue weighted by molar-refractivity contribution is -0.137. The number of rotatable bonds is 5. The van der Waals surface area contributed by atoms with Crippen molar-refractivity contribution in [2.45, 2.75) is 38.6 Å². The highest BCUT2D eigenvalue weighted by Gasteiger charge is 2.24. The Morgan fingerprint density at radius 3 is 2.86 bits per heavy atom. The molecule has 0 amide bonds. The van der Waals surface area contributed by atoms with Gasteiger partial charge in [0.15, 0.2) is 11.5 Å². The summed E-state index contributed by atoms with van der Waals surface area (Å²) in [6, 6.07) is 1.29. The van der Waals surface area contributed by atoms with E-state index in [0.717, 1.165) is 17.5 Å². The van der Waals surface area contributed by atoms with Crippen LogP contribution in [0.5, 0.6) is 11.5 Å². The highest BCUT2D eigenvalue weighted by atomic mass is 35.5. The van der Waals surface area contributed by atoms with Crippen LogP contribution in [0.4, 0.5) is 0 Å². The standard InChI is InChI=1S/C15H20ClNO4/c1-2-9-14(11(17)4-5-13(18)19)10(16)8-12-15(9)21-7-3-6-20-12/h8,11H,2-7,17H2,1H3,(H,18,19). The first-order valence-corrected chi connectivity index (χ1v) is 7.50. The first-order chi connectivity index (χ1) is 10.0. The fourth-order valence-electron chi connectivity index (χ4n) is 2.53. The van der Waals surface area contributed by atoms with Crippen LogP contribution in [0.3, 0.4) is 0 Å². The lowest BCUT2D eigenvalue weighted by Crippen LogP contribution is -2.16.